The van der Waals surface area contributed by atoms with E-state index in [-0.39, 0.29) is 30.4 Å². The number of nitrogens with zero attached hydrogens (tertiary/aromatic N) is 2. The van der Waals surface area contributed by atoms with Crippen LogP contribution in [0.25, 0.3) is 11.1 Å². The van der Waals surface area contributed by atoms with E-state index in [2.05, 4.69) is 13.2 Å². The average Bonchev–Trinajstić information content (AvgIpc) is 3.20. The van der Waals surface area contributed by atoms with Crippen molar-refractivity contribution in [3.05, 3.63) is 85.1 Å². The molecule has 5 rings (SSSR count). The number of fused-ring (bicyclic) bond motifs is 4. The molecule has 1 amide bonds. The Kier molecular flexibility index (Phi) is 7.48. The molecule has 0 bridgehead atoms. The second-order valence-electron chi connectivity index (χ2n) is 9.97. The number of benzene rings is 2. The number of β-lactam (4-membered cyclic amide) rings is 1. The van der Waals surface area contributed by atoms with Crippen LogP contribution in [0.5, 0.6) is 0 Å². The summed E-state index contributed by atoms with van der Waals surface area (Å²) in [6.45, 7) is 10.1. The lowest BCUT2D eigenvalue weighted by Gasteiger charge is -2.47. The molecule has 2 aromatic carbocycles. The molecule has 0 N–H and O–H groups in total. The molecule has 1 saturated heterocycles. The van der Waals surface area contributed by atoms with Crippen molar-refractivity contribution in [3.63, 3.8) is 0 Å². The fraction of sp³-hybridized carbons (Fsp3) is 0.300. The van der Waals surface area contributed by atoms with Crippen LogP contribution >= 0.6 is 0 Å². The van der Waals surface area contributed by atoms with Gasteiger partial charge in [0.25, 0.3) is 10.0 Å². The molecule has 0 radical (unpaired) electrons. The second-order valence-corrected chi connectivity index (χ2v) is 11.8. The standard InChI is InChI=1S/C30H30N2O8S/c1-5-15-38-29(34)27-22(18(3)26-25(28(33)32(26)27)19(4)40-30(35)39-16-6-2)17-31-23-13-9-7-11-20(23)21-12-8-10-14-24(21)41(31,36)37/h5-14,18-19,25-26H,1-2,15-17H2,3-4H3/t18-,19+,25+,26+/m0/s1. The molecule has 0 unspecified atom stereocenters. The molecule has 3 aliphatic rings. The number of anilines is 1. The maximum atomic E-state index is 13.9. The Hall–Kier alpha value is -4.38. The van der Waals surface area contributed by atoms with Gasteiger partial charge in [0, 0.05) is 17.0 Å². The van der Waals surface area contributed by atoms with Crippen molar-refractivity contribution in [2.24, 2.45) is 11.8 Å². The maximum absolute atomic E-state index is 13.9. The minimum atomic E-state index is -4.02. The van der Waals surface area contributed by atoms with Crippen molar-refractivity contribution in [3.8, 4) is 11.1 Å². The summed E-state index contributed by atoms with van der Waals surface area (Å²) < 4.78 is 44.7. The van der Waals surface area contributed by atoms with Gasteiger partial charge in [0.05, 0.1) is 29.1 Å². The van der Waals surface area contributed by atoms with Gasteiger partial charge in [-0.05, 0) is 24.6 Å². The van der Waals surface area contributed by atoms with Crippen LogP contribution in [0.15, 0.2) is 90.0 Å². The molecule has 3 aliphatic heterocycles. The number of sulfonamides is 1. The Morgan fingerprint density at radius 2 is 1.63 bits per heavy atom. The quantitative estimate of drug-likeness (QED) is 0.248. The number of ether oxygens (including phenoxy) is 3. The molecule has 4 atom stereocenters. The number of amides is 1. The number of carbonyl (C=O) groups excluding carboxylic acids is 3. The van der Waals surface area contributed by atoms with Crippen molar-refractivity contribution in [1.82, 2.24) is 4.90 Å². The third kappa shape index (κ3) is 4.59. The number of esters is 1. The maximum Gasteiger partial charge on any atom is 0.508 e. The van der Waals surface area contributed by atoms with Crippen LogP contribution in [0.3, 0.4) is 0 Å². The van der Waals surface area contributed by atoms with E-state index in [0.29, 0.717) is 16.8 Å². The van der Waals surface area contributed by atoms with Gasteiger partial charge in [-0.25, -0.2) is 18.0 Å². The summed E-state index contributed by atoms with van der Waals surface area (Å²) in [5, 5.41) is 0. The molecule has 41 heavy (non-hydrogen) atoms. The first-order valence-corrected chi connectivity index (χ1v) is 14.6. The van der Waals surface area contributed by atoms with E-state index in [1.807, 2.05) is 19.1 Å². The summed E-state index contributed by atoms with van der Waals surface area (Å²) in [4.78, 5) is 40.3. The van der Waals surface area contributed by atoms with Gasteiger partial charge in [-0.15, -0.1) is 0 Å². The zero-order valence-corrected chi connectivity index (χ0v) is 23.5. The van der Waals surface area contributed by atoms with Gasteiger partial charge in [0.15, 0.2) is 0 Å². The first-order chi connectivity index (χ1) is 19.6. The molecule has 214 valence electrons. The third-order valence-corrected chi connectivity index (χ3v) is 9.48. The van der Waals surface area contributed by atoms with Gasteiger partial charge < -0.3 is 19.1 Å². The summed E-state index contributed by atoms with van der Waals surface area (Å²) in [6, 6.07) is 13.3. The molecule has 2 aromatic rings. The molecular formula is C30H30N2O8S. The summed E-state index contributed by atoms with van der Waals surface area (Å²) in [7, 11) is -4.02. The van der Waals surface area contributed by atoms with E-state index in [4.69, 9.17) is 14.2 Å². The molecule has 0 aliphatic carbocycles. The molecule has 0 saturated carbocycles. The third-order valence-electron chi connectivity index (χ3n) is 7.66. The van der Waals surface area contributed by atoms with E-state index in [0.717, 1.165) is 5.56 Å². The summed E-state index contributed by atoms with van der Waals surface area (Å²) >= 11 is 0. The summed E-state index contributed by atoms with van der Waals surface area (Å²) in [5.41, 5.74) is 2.21. The van der Waals surface area contributed by atoms with Gasteiger partial charge in [-0.3, -0.25) is 9.10 Å². The van der Waals surface area contributed by atoms with Crippen molar-refractivity contribution < 1.29 is 37.0 Å². The van der Waals surface area contributed by atoms with E-state index >= 15 is 0 Å². The van der Waals surface area contributed by atoms with Crippen LogP contribution in [0.1, 0.15) is 13.8 Å². The Balaban J connectivity index is 1.53. The predicted molar refractivity (Wildman–Crippen MR) is 150 cm³/mol. The average molecular weight is 579 g/mol. The van der Waals surface area contributed by atoms with Crippen LogP contribution in [-0.4, -0.2) is 63.3 Å². The van der Waals surface area contributed by atoms with Crippen LogP contribution in [-0.2, 0) is 33.8 Å². The van der Waals surface area contributed by atoms with E-state index in [9.17, 15) is 22.8 Å². The minimum absolute atomic E-state index is 0.00132. The fourth-order valence-corrected chi connectivity index (χ4v) is 7.50. The van der Waals surface area contributed by atoms with E-state index in [1.165, 1.54) is 21.4 Å². The van der Waals surface area contributed by atoms with E-state index in [1.54, 1.807) is 43.3 Å². The molecular weight excluding hydrogens is 548 g/mol. The number of hydrogen-bond acceptors (Lipinski definition) is 8. The summed E-state index contributed by atoms with van der Waals surface area (Å²) in [6.07, 6.45) is 0.994. The van der Waals surface area contributed by atoms with Gasteiger partial charge in [0.2, 0.25) is 5.91 Å². The van der Waals surface area contributed by atoms with Crippen LogP contribution in [0.2, 0.25) is 0 Å². The SMILES string of the molecule is C=CCOC(=O)O[C@H](C)[C@H]1C(=O)N2C(C(=O)OCC=C)=C(CN3c4ccccc4-c4ccccc4S3(=O)=O)[C@H](C)[C@H]12. The van der Waals surface area contributed by atoms with Crippen molar-refractivity contribution in [2.75, 3.05) is 24.1 Å². The highest BCUT2D eigenvalue weighted by atomic mass is 32.2. The molecule has 0 spiro atoms. The van der Waals surface area contributed by atoms with Crippen LogP contribution in [0, 0.1) is 11.8 Å². The number of carbonyl (C=O) groups is 3. The van der Waals surface area contributed by atoms with Crippen molar-refractivity contribution in [1.29, 1.82) is 0 Å². The second kappa shape index (κ2) is 10.9. The number of para-hydroxylation sites is 1. The predicted octanol–water partition coefficient (Wildman–Crippen LogP) is 4.05. The molecule has 1 fully saturated rings. The Morgan fingerprint density at radius 3 is 2.34 bits per heavy atom. The molecule has 3 heterocycles. The molecule has 0 aromatic heterocycles. The smallest absolute Gasteiger partial charge is 0.457 e. The first kappa shape index (κ1) is 28.2. The lowest BCUT2D eigenvalue weighted by molar-refractivity contribution is -0.164. The number of rotatable bonds is 9. The largest absolute Gasteiger partial charge is 0.508 e. The Bertz CT molecular complexity index is 1580. The van der Waals surface area contributed by atoms with Crippen molar-refractivity contribution >= 4 is 33.7 Å². The number of hydrogen-bond donors (Lipinski definition) is 0. The zero-order valence-electron chi connectivity index (χ0n) is 22.7. The Morgan fingerprint density at radius 1 is 1.00 bits per heavy atom. The highest BCUT2D eigenvalue weighted by molar-refractivity contribution is 7.93. The van der Waals surface area contributed by atoms with Crippen LogP contribution < -0.4 is 4.31 Å². The summed E-state index contributed by atoms with van der Waals surface area (Å²) in [5.74, 6) is -2.42. The van der Waals surface area contributed by atoms with E-state index < -0.39 is 52.0 Å². The Labute approximate surface area is 238 Å². The molecule has 10 nitrogen and oxygen atoms in total. The zero-order chi connectivity index (χ0) is 29.5. The van der Waals surface area contributed by atoms with Crippen LogP contribution in [0.4, 0.5) is 10.5 Å². The molecule has 11 heteroatoms. The monoisotopic (exact) mass is 578 g/mol. The highest BCUT2D eigenvalue weighted by Crippen LogP contribution is 2.50. The first-order valence-electron chi connectivity index (χ1n) is 13.1. The van der Waals surface area contributed by atoms with Gasteiger partial charge in [0.1, 0.15) is 25.0 Å². The minimum Gasteiger partial charge on any atom is -0.457 e. The van der Waals surface area contributed by atoms with Gasteiger partial charge >= 0.3 is 12.1 Å². The lowest BCUT2D eigenvalue weighted by atomic mass is 9.77. The van der Waals surface area contributed by atoms with Crippen molar-refractivity contribution in [2.45, 2.75) is 30.9 Å². The normalized spacial score (nSPS) is 22.5. The van der Waals surface area contributed by atoms with Gasteiger partial charge in [-0.2, -0.15) is 0 Å². The highest BCUT2D eigenvalue weighted by Gasteiger charge is 2.61. The van der Waals surface area contributed by atoms with Gasteiger partial charge in [-0.1, -0.05) is 68.6 Å². The fourth-order valence-electron chi connectivity index (χ4n) is 5.82. The lowest BCUT2D eigenvalue weighted by Crippen LogP contribution is -2.64. The topological polar surface area (TPSA) is 120 Å².